The Morgan fingerprint density at radius 2 is 1.77 bits per heavy atom. The summed E-state index contributed by atoms with van der Waals surface area (Å²) in [5.41, 5.74) is 7.61. The Morgan fingerprint density at radius 3 is 2.54 bits per heavy atom. The highest BCUT2D eigenvalue weighted by atomic mass is 32.2. The number of nitrogens with one attached hydrogen (secondary N) is 1. The number of anilines is 1. The molecule has 3 heterocycles. The average molecular weight is 483 g/mol. The number of methoxy groups -OCH3 is 1. The smallest absolute Gasteiger partial charge is 0.227 e. The van der Waals surface area contributed by atoms with Gasteiger partial charge in [0.15, 0.2) is 6.10 Å². The van der Waals surface area contributed by atoms with Gasteiger partial charge in [-0.2, -0.15) is 4.98 Å². The summed E-state index contributed by atoms with van der Waals surface area (Å²) in [4.78, 5) is 4.78. The fraction of sp³-hybridized carbons (Fsp3) is 0.214. The monoisotopic (exact) mass is 482 g/mol. The Balaban J connectivity index is 1.65. The van der Waals surface area contributed by atoms with Crippen LogP contribution < -0.4 is 14.8 Å². The number of hydrogen-bond donors (Lipinski definition) is 1. The molecule has 0 saturated carbocycles. The van der Waals surface area contributed by atoms with Crippen molar-refractivity contribution in [3.8, 4) is 11.5 Å². The molecule has 6 nitrogen and oxygen atoms in total. The van der Waals surface area contributed by atoms with Crippen molar-refractivity contribution >= 4 is 23.4 Å². The molecule has 0 bridgehead atoms. The van der Waals surface area contributed by atoms with E-state index in [0.717, 1.165) is 50.6 Å². The number of para-hydroxylation sites is 1. The van der Waals surface area contributed by atoms with Crippen LogP contribution >= 0.6 is 11.8 Å². The van der Waals surface area contributed by atoms with E-state index < -0.39 is 0 Å². The maximum Gasteiger partial charge on any atom is 0.227 e. The van der Waals surface area contributed by atoms with Crippen LogP contribution in [0.15, 0.2) is 77.5 Å². The van der Waals surface area contributed by atoms with E-state index in [2.05, 4.69) is 61.6 Å². The van der Waals surface area contributed by atoms with Gasteiger partial charge in [0.25, 0.3) is 0 Å². The predicted molar refractivity (Wildman–Crippen MR) is 139 cm³/mol. The summed E-state index contributed by atoms with van der Waals surface area (Å²) in [5, 5.41) is 9.22. The van der Waals surface area contributed by atoms with Crippen molar-refractivity contribution in [2.45, 2.75) is 31.1 Å². The van der Waals surface area contributed by atoms with Gasteiger partial charge < -0.3 is 14.8 Å². The first kappa shape index (κ1) is 21.8. The second kappa shape index (κ2) is 8.50. The number of aryl methyl sites for hydroxylation is 2. The molecule has 6 rings (SSSR count). The van der Waals surface area contributed by atoms with Gasteiger partial charge in [-0.3, -0.25) is 0 Å². The quantitative estimate of drug-likeness (QED) is 0.350. The van der Waals surface area contributed by atoms with Crippen LogP contribution in [0.1, 0.15) is 40.0 Å². The van der Waals surface area contributed by atoms with Gasteiger partial charge in [-0.1, -0.05) is 71.4 Å². The Bertz CT molecular complexity index is 1460. The van der Waals surface area contributed by atoms with E-state index in [4.69, 9.17) is 19.6 Å². The lowest BCUT2D eigenvalue weighted by atomic mass is 9.84. The van der Waals surface area contributed by atoms with Gasteiger partial charge in [0.1, 0.15) is 17.5 Å². The molecule has 2 aliphatic rings. The van der Waals surface area contributed by atoms with Crippen LogP contribution in [0.4, 0.5) is 5.95 Å². The van der Waals surface area contributed by atoms with E-state index in [9.17, 15) is 0 Å². The van der Waals surface area contributed by atoms with Gasteiger partial charge in [0.2, 0.25) is 11.1 Å². The minimum absolute atomic E-state index is 0.196. The van der Waals surface area contributed by atoms with Crippen LogP contribution in [0.5, 0.6) is 11.5 Å². The third kappa shape index (κ3) is 3.58. The highest BCUT2D eigenvalue weighted by molar-refractivity contribution is 7.98. The number of rotatable bonds is 4. The first-order chi connectivity index (χ1) is 17.1. The third-order valence-corrected chi connectivity index (χ3v) is 7.14. The molecule has 0 amide bonds. The fourth-order valence-corrected chi connectivity index (χ4v) is 5.27. The molecule has 1 aromatic heterocycles. The number of aromatic nitrogens is 3. The van der Waals surface area contributed by atoms with Crippen LogP contribution in [0.2, 0.25) is 0 Å². The molecule has 0 aliphatic carbocycles. The van der Waals surface area contributed by atoms with Crippen molar-refractivity contribution in [3.05, 3.63) is 100 Å². The number of benzene rings is 3. The zero-order valence-electron chi connectivity index (χ0n) is 20.1. The van der Waals surface area contributed by atoms with E-state index >= 15 is 0 Å². The third-order valence-electron chi connectivity index (χ3n) is 6.61. The minimum Gasteiger partial charge on any atom is -0.496 e. The summed E-state index contributed by atoms with van der Waals surface area (Å²) in [5.74, 6) is 2.35. The standard InChI is InChI=1S/C28H26N4O2S/c1-16-9-12-18(13-10-16)25-23-24(29-27-30-28(35-4)31-32(25)27)20-15-17(2)11-14-22(20)34-26(23)19-7-5-6-8-21(19)33-3/h5-15,25-26H,1-4H3,(H,29,30,31)/t25-,26+/m1/s1. The molecule has 0 spiro atoms. The number of thioether (sulfide) groups is 1. The van der Waals surface area contributed by atoms with Crippen molar-refractivity contribution < 1.29 is 9.47 Å². The molecular weight excluding hydrogens is 456 g/mol. The normalized spacial score (nSPS) is 18.2. The Morgan fingerprint density at radius 1 is 1.00 bits per heavy atom. The Kier molecular flexibility index (Phi) is 5.29. The number of ether oxygens (including phenoxy) is 2. The van der Waals surface area contributed by atoms with Crippen LogP contribution in [0, 0.1) is 13.8 Å². The van der Waals surface area contributed by atoms with E-state index in [1.54, 1.807) is 7.11 Å². The second-order valence-electron chi connectivity index (χ2n) is 8.87. The highest BCUT2D eigenvalue weighted by Crippen LogP contribution is 2.52. The summed E-state index contributed by atoms with van der Waals surface area (Å²) >= 11 is 1.53. The van der Waals surface area contributed by atoms with Crippen LogP contribution in [0.25, 0.3) is 5.70 Å². The number of hydrogen-bond acceptors (Lipinski definition) is 6. The van der Waals surface area contributed by atoms with E-state index in [1.165, 1.54) is 22.9 Å². The largest absolute Gasteiger partial charge is 0.496 e. The highest BCUT2D eigenvalue weighted by Gasteiger charge is 2.42. The Hall–Kier alpha value is -3.71. The van der Waals surface area contributed by atoms with Gasteiger partial charge in [0.05, 0.1) is 12.8 Å². The van der Waals surface area contributed by atoms with Crippen molar-refractivity contribution in [1.29, 1.82) is 0 Å². The summed E-state index contributed by atoms with van der Waals surface area (Å²) in [7, 11) is 1.70. The lowest BCUT2D eigenvalue weighted by Gasteiger charge is -2.39. The van der Waals surface area contributed by atoms with Gasteiger partial charge in [-0.15, -0.1) is 5.10 Å². The first-order valence-corrected chi connectivity index (χ1v) is 12.8. The first-order valence-electron chi connectivity index (χ1n) is 11.6. The summed E-state index contributed by atoms with van der Waals surface area (Å²) in [6.45, 7) is 4.20. The van der Waals surface area contributed by atoms with Crippen molar-refractivity contribution in [1.82, 2.24) is 14.8 Å². The van der Waals surface area contributed by atoms with Crippen LogP contribution in [-0.4, -0.2) is 28.1 Å². The summed E-state index contributed by atoms with van der Waals surface area (Å²) < 4.78 is 14.5. The van der Waals surface area contributed by atoms with Gasteiger partial charge in [-0.25, -0.2) is 4.68 Å². The minimum atomic E-state index is -0.370. The zero-order valence-corrected chi connectivity index (χ0v) is 20.9. The van der Waals surface area contributed by atoms with E-state index in [0.29, 0.717) is 0 Å². The van der Waals surface area contributed by atoms with Crippen molar-refractivity contribution in [3.63, 3.8) is 0 Å². The zero-order chi connectivity index (χ0) is 24.1. The van der Waals surface area contributed by atoms with E-state index in [-0.39, 0.29) is 12.1 Å². The molecule has 35 heavy (non-hydrogen) atoms. The van der Waals surface area contributed by atoms with Gasteiger partial charge in [-0.05, 0) is 43.9 Å². The maximum atomic E-state index is 6.76. The molecule has 2 atom stereocenters. The lowest BCUT2D eigenvalue weighted by Crippen LogP contribution is -2.32. The molecule has 7 heteroatoms. The molecular formula is C28H26N4O2S. The van der Waals surface area contributed by atoms with Crippen LogP contribution in [0.3, 0.4) is 0 Å². The molecule has 4 aromatic rings. The van der Waals surface area contributed by atoms with Crippen molar-refractivity contribution in [2.24, 2.45) is 0 Å². The molecule has 176 valence electrons. The summed E-state index contributed by atoms with van der Waals surface area (Å²) in [6, 6.07) is 22.8. The summed E-state index contributed by atoms with van der Waals surface area (Å²) in [6.07, 6.45) is 1.62. The molecule has 2 aliphatic heterocycles. The predicted octanol–water partition coefficient (Wildman–Crippen LogP) is 6.19. The molecule has 0 unspecified atom stereocenters. The number of fused-ring (bicyclic) bond motifs is 3. The lowest BCUT2D eigenvalue weighted by molar-refractivity contribution is 0.217. The molecule has 0 fully saturated rings. The topological polar surface area (TPSA) is 61.2 Å². The van der Waals surface area contributed by atoms with E-state index in [1.807, 2.05) is 35.2 Å². The number of nitrogens with zero attached hydrogens (tertiary/aromatic N) is 3. The van der Waals surface area contributed by atoms with Crippen molar-refractivity contribution in [2.75, 3.05) is 18.7 Å². The fourth-order valence-electron chi connectivity index (χ4n) is 4.92. The van der Waals surface area contributed by atoms with Gasteiger partial charge >= 0.3 is 0 Å². The molecule has 0 saturated heterocycles. The molecule has 1 N–H and O–H groups in total. The van der Waals surface area contributed by atoms with Crippen LogP contribution in [-0.2, 0) is 0 Å². The van der Waals surface area contributed by atoms with Gasteiger partial charge in [0, 0.05) is 16.7 Å². The second-order valence-corrected chi connectivity index (χ2v) is 9.65. The SMILES string of the molecule is COc1ccccc1[C@@H]1Oc2ccc(C)cc2C2=C1[C@@H](c1ccc(C)cc1)n1nc(SC)nc1N2. The Labute approximate surface area is 209 Å². The molecule has 0 radical (unpaired) electrons. The molecule has 3 aromatic carbocycles. The average Bonchev–Trinajstić information content (AvgIpc) is 3.31. The maximum absolute atomic E-state index is 6.76.